The molecule has 7 nitrogen and oxygen atoms in total. The molecule has 0 radical (unpaired) electrons. The van der Waals surface area contributed by atoms with Gasteiger partial charge in [-0.2, -0.15) is 0 Å². The first-order chi connectivity index (χ1) is 8.02. The minimum absolute atomic E-state index is 0.0827. The van der Waals surface area contributed by atoms with E-state index in [4.69, 9.17) is 4.42 Å². The number of nitro groups is 1. The molecular formula is C9H5NO6S. The molecule has 0 atom stereocenters. The monoisotopic (exact) mass is 255 g/mol. The van der Waals surface area contributed by atoms with Crippen LogP contribution in [0.15, 0.2) is 21.3 Å². The summed E-state index contributed by atoms with van der Waals surface area (Å²) in [6.45, 7) is 0. The molecule has 0 saturated carbocycles. The number of hydrogen-bond donors (Lipinski definition) is 0. The molecule has 0 spiro atoms. The molecule has 88 valence electrons. The molecule has 0 saturated heterocycles. The van der Waals surface area contributed by atoms with Gasteiger partial charge in [-0.25, -0.2) is 9.59 Å². The highest BCUT2D eigenvalue weighted by molar-refractivity contribution is 7.22. The largest absolute Gasteiger partial charge is 0.465 e. The van der Waals surface area contributed by atoms with E-state index in [1.807, 2.05) is 0 Å². The van der Waals surface area contributed by atoms with E-state index in [1.54, 1.807) is 0 Å². The van der Waals surface area contributed by atoms with Gasteiger partial charge < -0.3 is 9.15 Å². The molecule has 2 rings (SSSR count). The normalized spacial score (nSPS) is 10.4. The van der Waals surface area contributed by atoms with Crippen LogP contribution in [0.1, 0.15) is 10.4 Å². The summed E-state index contributed by atoms with van der Waals surface area (Å²) in [6, 6.07) is 2.37. The van der Waals surface area contributed by atoms with Gasteiger partial charge in [0.1, 0.15) is 5.56 Å². The summed E-state index contributed by atoms with van der Waals surface area (Å²) in [5.74, 6) is -0.836. The first kappa shape index (κ1) is 11.3. The zero-order valence-corrected chi connectivity index (χ0v) is 9.28. The number of ether oxygens (including phenoxy) is 1. The minimum Gasteiger partial charge on any atom is -0.465 e. The molecule has 2 heterocycles. The lowest BCUT2D eigenvalue weighted by Gasteiger charge is -1.96. The number of fused-ring (bicyclic) bond motifs is 1. The van der Waals surface area contributed by atoms with Gasteiger partial charge in [-0.05, 0) is 6.07 Å². The van der Waals surface area contributed by atoms with Gasteiger partial charge in [0, 0.05) is 0 Å². The second kappa shape index (κ2) is 3.98. The third-order valence-corrected chi connectivity index (χ3v) is 3.01. The Balaban J connectivity index is 2.68. The van der Waals surface area contributed by atoms with E-state index in [9.17, 15) is 19.7 Å². The number of methoxy groups -OCH3 is 1. The highest BCUT2D eigenvalue weighted by atomic mass is 32.1. The Morgan fingerprint density at radius 3 is 2.82 bits per heavy atom. The molecule has 8 heteroatoms. The van der Waals surface area contributed by atoms with Crippen molar-refractivity contribution in [1.82, 2.24) is 0 Å². The second-order valence-electron chi connectivity index (χ2n) is 3.01. The topological polar surface area (TPSA) is 99.7 Å². The van der Waals surface area contributed by atoms with E-state index >= 15 is 0 Å². The van der Waals surface area contributed by atoms with E-state index in [1.165, 1.54) is 6.07 Å². The first-order valence-corrected chi connectivity index (χ1v) is 5.15. The standard InChI is InChI=1S/C9H5NO6S/c1-15-8(11)4-2-6-5(16-9(4)12)3-7(17-6)10(13)14/h2-3H,1H3. The van der Waals surface area contributed by atoms with E-state index < -0.39 is 16.5 Å². The molecule has 0 amide bonds. The van der Waals surface area contributed by atoms with Crippen LogP contribution in [-0.4, -0.2) is 18.0 Å². The Morgan fingerprint density at radius 2 is 2.24 bits per heavy atom. The fourth-order valence-corrected chi connectivity index (χ4v) is 2.09. The summed E-state index contributed by atoms with van der Waals surface area (Å²) in [5, 5.41) is 10.4. The van der Waals surface area contributed by atoms with Crippen LogP contribution in [0.25, 0.3) is 10.3 Å². The molecular weight excluding hydrogens is 250 g/mol. The Labute approximate surface area is 97.4 Å². The summed E-state index contributed by atoms with van der Waals surface area (Å²) in [6.07, 6.45) is 0. The maximum atomic E-state index is 11.4. The van der Waals surface area contributed by atoms with E-state index in [0.29, 0.717) is 4.70 Å². The van der Waals surface area contributed by atoms with Gasteiger partial charge in [-0.1, -0.05) is 11.3 Å². The van der Waals surface area contributed by atoms with Crippen LogP contribution < -0.4 is 5.63 Å². The maximum absolute atomic E-state index is 11.4. The number of carbonyl (C=O) groups is 1. The van der Waals surface area contributed by atoms with Crippen LogP contribution in [0.4, 0.5) is 5.00 Å². The SMILES string of the molecule is COC(=O)c1cc2sc([N+](=O)[O-])cc2oc1=O. The molecule has 2 aromatic heterocycles. The molecule has 0 unspecified atom stereocenters. The zero-order chi connectivity index (χ0) is 12.6. The number of esters is 1. The van der Waals surface area contributed by atoms with E-state index in [0.717, 1.165) is 24.5 Å². The van der Waals surface area contributed by atoms with Crippen molar-refractivity contribution < 1.29 is 18.9 Å². The van der Waals surface area contributed by atoms with Crippen molar-refractivity contribution in [3.63, 3.8) is 0 Å². The second-order valence-corrected chi connectivity index (χ2v) is 4.07. The lowest BCUT2D eigenvalue weighted by atomic mass is 10.3. The lowest BCUT2D eigenvalue weighted by Crippen LogP contribution is -2.14. The van der Waals surface area contributed by atoms with Crippen LogP contribution >= 0.6 is 11.3 Å². The summed E-state index contributed by atoms with van der Waals surface area (Å²) >= 11 is 0.817. The van der Waals surface area contributed by atoms with E-state index in [-0.39, 0.29) is 16.1 Å². The number of carbonyl (C=O) groups excluding carboxylic acids is 1. The average Bonchev–Trinajstić information content (AvgIpc) is 2.69. The molecule has 0 fully saturated rings. The predicted octanol–water partition coefficient (Wildman–Crippen LogP) is 1.55. The zero-order valence-electron chi connectivity index (χ0n) is 8.46. The summed E-state index contributed by atoms with van der Waals surface area (Å²) < 4.78 is 9.53. The lowest BCUT2D eigenvalue weighted by molar-refractivity contribution is -0.380. The smallest absolute Gasteiger partial charge is 0.351 e. The molecule has 17 heavy (non-hydrogen) atoms. The van der Waals surface area contributed by atoms with Crippen LogP contribution in [0.2, 0.25) is 0 Å². The van der Waals surface area contributed by atoms with Crippen molar-refractivity contribution in [3.8, 4) is 0 Å². The highest BCUT2D eigenvalue weighted by Crippen LogP contribution is 2.30. The molecule has 0 aliphatic carbocycles. The van der Waals surface area contributed by atoms with Gasteiger partial charge in [-0.3, -0.25) is 10.1 Å². The third kappa shape index (κ3) is 1.89. The molecule has 0 bridgehead atoms. The summed E-state index contributed by atoms with van der Waals surface area (Å²) in [4.78, 5) is 32.5. The van der Waals surface area contributed by atoms with Gasteiger partial charge in [-0.15, -0.1) is 0 Å². The quantitative estimate of drug-likeness (QED) is 0.458. The van der Waals surface area contributed by atoms with Crippen LogP contribution in [0.5, 0.6) is 0 Å². The fourth-order valence-electron chi connectivity index (χ4n) is 1.24. The van der Waals surface area contributed by atoms with Gasteiger partial charge >= 0.3 is 16.6 Å². The predicted molar refractivity (Wildman–Crippen MR) is 58.4 cm³/mol. The van der Waals surface area contributed by atoms with E-state index in [2.05, 4.69) is 4.74 Å². The van der Waals surface area contributed by atoms with Gasteiger partial charge in [0.05, 0.1) is 22.8 Å². The van der Waals surface area contributed by atoms with Crippen LogP contribution in [0, 0.1) is 10.1 Å². The van der Waals surface area contributed by atoms with Crippen molar-refractivity contribution in [1.29, 1.82) is 0 Å². The fraction of sp³-hybridized carbons (Fsp3) is 0.111. The Bertz CT molecular complexity index is 670. The van der Waals surface area contributed by atoms with Gasteiger partial charge in [0.2, 0.25) is 0 Å². The molecule has 0 aliphatic rings. The number of nitrogens with zero attached hydrogens (tertiary/aromatic N) is 1. The molecule has 0 aliphatic heterocycles. The van der Waals surface area contributed by atoms with Gasteiger partial charge in [0.15, 0.2) is 5.58 Å². The van der Waals surface area contributed by atoms with Crippen LogP contribution in [-0.2, 0) is 4.74 Å². The number of rotatable bonds is 2. The van der Waals surface area contributed by atoms with Crippen molar-refractivity contribution in [2.45, 2.75) is 0 Å². The molecule has 0 N–H and O–H groups in total. The number of hydrogen-bond acceptors (Lipinski definition) is 7. The van der Waals surface area contributed by atoms with Gasteiger partial charge in [0.25, 0.3) is 0 Å². The Kier molecular flexibility index (Phi) is 2.64. The Morgan fingerprint density at radius 1 is 1.53 bits per heavy atom. The Hall–Kier alpha value is -2.22. The first-order valence-electron chi connectivity index (χ1n) is 4.33. The summed E-state index contributed by atoms with van der Waals surface area (Å²) in [5.41, 5.74) is -1.08. The van der Waals surface area contributed by atoms with Crippen molar-refractivity contribution in [2.24, 2.45) is 0 Å². The highest BCUT2D eigenvalue weighted by Gasteiger charge is 2.18. The van der Waals surface area contributed by atoms with Crippen molar-refractivity contribution in [3.05, 3.63) is 38.2 Å². The van der Waals surface area contributed by atoms with Crippen molar-refractivity contribution in [2.75, 3.05) is 7.11 Å². The van der Waals surface area contributed by atoms with Crippen molar-refractivity contribution >= 4 is 32.6 Å². The molecule has 2 aromatic rings. The maximum Gasteiger partial charge on any atom is 0.351 e. The number of thiophene rings is 1. The summed E-state index contributed by atoms with van der Waals surface area (Å²) in [7, 11) is 1.13. The average molecular weight is 255 g/mol. The van der Waals surface area contributed by atoms with Crippen LogP contribution in [0.3, 0.4) is 0 Å². The minimum atomic E-state index is -0.878. The molecule has 0 aromatic carbocycles. The third-order valence-electron chi connectivity index (χ3n) is 2.00.